The molecular weight excluding hydrogens is 422 g/mol. The van der Waals surface area contributed by atoms with Crippen molar-refractivity contribution in [3.8, 4) is 17.3 Å². The highest BCUT2D eigenvalue weighted by Gasteiger charge is 2.23. The number of hydrogen-bond acceptors (Lipinski definition) is 5. The fourth-order valence-electron chi connectivity index (χ4n) is 3.72. The van der Waals surface area contributed by atoms with Crippen LogP contribution in [0.5, 0.6) is 5.75 Å². The van der Waals surface area contributed by atoms with Gasteiger partial charge in [-0.1, -0.05) is 0 Å². The van der Waals surface area contributed by atoms with Crippen LogP contribution in [0.3, 0.4) is 0 Å². The molecule has 0 bridgehead atoms. The SMILES string of the molecule is CCN(CC)C(=O)Nc1cn(C2CCCCO2)nc1-c1nc2ccc(OC(F)F)cc2[nH]1. The predicted molar refractivity (Wildman–Crippen MR) is 115 cm³/mol. The zero-order valence-electron chi connectivity index (χ0n) is 18.0. The van der Waals surface area contributed by atoms with Gasteiger partial charge in [0, 0.05) is 25.8 Å². The number of H-pyrrole nitrogens is 1. The third kappa shape index (κ3) is 4.67. The number of nitrogens with zero attached hydrogens (tertiary/aromatic N) is 4. The lowest BCUT2D eigenvalue weighted by Gasteiger charge is -2.22. The highest BCUT2D eigenvalue weighted by Crippen LogP contribution is 2.31. The van der Waals surface area contributed by atoms with Gasteiger partial charge in [-0.2, -0.15) is 13.9 Å². The first kappa shape index (κ1) is 22.0. The lowest BCUT2D eigenvalue weighted by molar-refractivity contribution is -0.0497. The summed E-state index contributed by atoms with van der Waals surface area (Å²) in [7, 11) is 0. The molecule has 1 aliphatic heterocycles. The lowest BCUT2D eigenvalue weighted by atomic mass is 10.2. The molecule has 32 heavy (non-hydrogen) atoms. The summed E-state index contributed by atoms with van der Waals surface area (Å²) in [6.45, 7) is 2.68. The number of halogens is 2. The average Bonchev–Trinajstić information content (AvgIpc) is 3.38. The number of aromatic nitrogens is 4. The Kier molecular flexibility index (Phi) is 6.54. The average molecular weight is 448 g/mol. The number of rotatable bonds is 7. The van der Waals surface area contributed by atoms with E-state index in [0.29, 0.717) is 47.9 Å². The topological polar surface area (TPSA) is 97.3 Å². The van der Waals surface area contributed by atoms with Crippen molar-refractivity contribution < 1.29 is 23.0 Å². The number of amides is 2. The molecule has 1 aromatic carbocycles. The van der Waals surface area contributed by atoms with Crippen molar-refractivity contribution in [2.75, 3.05) is 25.0 Å². The van der Waals surface area contributed by atoms with E-state index in [-0.39, 0.29) is 18.0 Å². The molecule has 2 amide bonds. The van der Waals surface area contributed by atoms with Gasteiger partial charge in [0.1, 0.15) is 12.0 Å². The molecule has 4 rings (SSSR count). The van der Waals surface area contributed by atoms with E-state index in [2.05, 4.69) is 25.1 Å². The van der Waals surface area contributed by atoms with E-state index < -0.39 is 6.61 Å². The number of hydrogen-bond donors (Lipinski definition) is 2. The van der Waals surface area contributed by atoms with Crippen molar-refractivity contribution in [2.45, 2.75) is 45.9 Å². The van der Waals surface area contributed by atoms with Crippen molar-refractivity contribution >= 4 is 22.8 Å². The van der Waals surface area contributed by atoms with E-state index in [1.807, 2.05) is 13.8 Å². The van der Waals surface area contributed by atoms with Crippen molar-refractivity contribution in [1.29, 1.82) is 0 Å². The largest absolute Gasteiger partial charge is 0.435 e. The van der Waals surface area contributed by atoms with Crippen molar-refractivity contribution in [3.63, 3.8) is 0 Å². The summed E-state index contributed by atoms with van der Waals surface area (Å²) in [5, 5.41) is 7.56. The molecule has 1 fully saturated rings. The summed E-state index contributed by atoms with van der Waals surface area (Å²) < 4.78 is 37.1. The number of benzene rings is 1. The molecule has 2 aromatic heterocycles. The molecule has 1 aliphatic rings. The van der Waals surface area contributed by atoms with Gasteiger partial charge in [-0.25, -0.2) is 14.5 Å². The summed E-state index contributed by atoms with van der Waals surface area (Å²) in [6.07, 6.45) is 4.36. The van der Waals surface area contributed by atoms with Crippen LogP contribution in [0.25, 0.3) is 22.6 Å². The fourth-order valence-corrected chi connectivity index (χ4v) is 3.72. The number of carbonyl (C=O) groups excluding carboxylic acids is 1. The Labute approximate surface area is 183 Å². The Bertz CT molecular complexity index is 1070. The number of ether oxygens (including phenoxy) is 2. The van der Waals surface area contributed by atoms with Crippen LogP contribution in [-0.4, -0.2) is 57.0 Å². The van der Waals surface area contributed by atoms with Gasteiger partial charge in [-0.15, -0.1) is 0 Å². The molecule has 11 heteroatoms. The van der Waals surface area contributed by atoms with Crippen LogP contribution in [0.2, 0.25) is 0 Å². The molecule has 0 radical (unpaired) electrons. The van der Waals surface area contributed by atoms with E-state index in [0.717, 1.165) is 19.3 Å². The van der Waals surface area contributed by atoms with Gasteiger partial charge in [0.15, 0.2) is 11.5 Å². The Morgan fingerprint density at radius 1 is 1.38 bits per heavy atom. The molecule has 0 spiro atoms. The Morgan fingerprint density at radius 2 is 2.19 bits per heavy atom. The zero-order chi connectivity index (χ0) is 22.7. The third-order valence-electron chi connectivity index (χ3n) is 5.38. The highest BCUT2D eigenvalue weighted by molar-refractivity contribution is 5.93. The molecule has 1 unspecified atom stereocenters. The second kappa shape index (κ2) is 9.51. The first-order valence-corrected chi connectivity index (χ1v) is 10.7. The molecule has 2 N–H and O–H groups in total. The fraction of sp³-hybridized carbons (Fsp3) is 0.476. The molecule has 1 atom stereocenters. The van der Waals surface area contributed by atoms with E-state index >= 15 is 0 Å². The van der Waals surface area contributed by atoms with E-state index in [9.17, 15) is 13.6 Å². The Balaban J connectivity index is 1.70. The first-order valence-electron chi connectivity index (χ1n) is 10.7. The van der Waals surface area contributed by atoms with Gasteiger partial charge in [0.25, 0.3) is 0 Å². The van der Waals surface area contributed by atoms with Gasteiger partial charge in [0.05, 0.1) is 22.9 Å². The van der Waals surface area contributed by atoms with Crippen LogP contribution in [0.4, 0.5) is 19.3 Å². The molecule has 172 valence electrons. The second-order valence-electron chi connectivity index (χ2n) is 7.44. The number of imidazole rings is 1. The molecule has 3 aromatic rings. The van der Waals surface area contributed by atoms with Crippen LogP contribution >= 0.6 is 0 Å². The number of carbonyl (C=O) groups is 1. The van der Waals surface area contributed by atoms with Gasteiger partial charge in [-0.05, 0) is 45.2 Å². The van der Waals surface area contributed by atoms with Gasteiger partial charge in [0.2, 0.25) is 0 Å². The maximum absolute atomic E-state index is 12.7. The molecule has 9 nitrogen and oxygen atoms in total. The van der Waals surface area contributed by atoms with Crippen molar-refractivity contribution in [2.24, 2.45) is 0 Å². The van der Waals surface area contributed by atoms with E-state index in [1.165, 1.54) is 12.1 Å². The van der Waals surface area contributed by atoms with Crippen LogP contribution < -0.4 is 10.1 Å². The van der Waals surface area contributed by atoms with Crippen LogP contribution in [0, 0.1) is 0 Å². The molecule has 0 saturated carbocycles. The molecule has 3 heterocycles. The van der Waals surface area contributed by atoms with Crippen LogP contribution in [0.1, 0.15) is 39.3 Å². The smallest absolute Gasteiger partial charge is 0.387 e. The van der Waals surface area contributed by atoms with Gasteiger partial charge in [-0.3, -0.25) is 0 Å². The number of urea groups is 1. The Hall–Kier alpha value is -3.21. The summed E-state index contributed by atoms with van der Waals surface area (Å²) in [6, 6.07) is 4.22. The van der Waals surface area contributed by atoms with Crippen molar-refractivity contribution in [1.82, 2.24) is 24.6 Å². The summed E-state index contributed by atoms with van der Waals surface area (Å²) in [5.74, 6) is 0.428. The maximum Gasteiger partial charge on any atom is 0.387 e. The van der Waals surface area contributed by atoms with E-state index in [4.69, 9.17) is 4.74 Å². The lowest BCUT2D eigenvalue weighted by Crippen LogP contribution is -2.34. The van der Waals surface area contributed by atoms with Crippen molar-refractivity contribution in [3.05, 3.63) is 24.4 Å². The normalized spacial score (nSPS) is 16.5. The summed E-state index contributed by atoms with van der Waals surface area (Å²) in [4.78, 5) is 22.0. The molecular formula is C21H26F2N6O3. The first-order chi connectivity index (χ1) is 15.5. The predicted octanol–water partition coefficient (Wildman–Crippen LogP) is 4.60. The maximum atomic E-state index is 12.7. The Morgan fingerprint density at radius 3 is 2.88 bits per heavy atom. The minimum Gasteiger partial charge on any atom is -0.435 e. The monoisotopic (exact) mass is 448 g/mol. The standard InChI is InChI=1S/C21H26F2N6O3/c1-3-28(4-2)21(30)26-16-12-29(17-7-5-6-10-31-17)27-18(16)19-24-14-9-8-13(32-20(22)23)11-15(14)25-19/h8-9,11-12,17,20H,3-7,10H2,1-2H3,(H,24,25)(H,26,30). The minimum atomic E-state index is -2.91. The molecule has 0 aliphatic carbocycles. The zero-order valence-corrected chi connectivity index (χ0v) is 18.0. The van der Waals surface area contributed by atoms with E-state index in [1.54, 1.807) is 21.8 Å². The quantitative estimate of drug-likeness (QED) is 0.551. The number of anilines is 1. The van der Waals surface area contributed by atoms with Crippen LogP contribution in [0.15, 0.2) is 24.4 Å². The second-order valence-corrected chi connectivity index (χ2v) is 7.44. The van der Waals surface area contributed by atoms with Crippen LogP contribution in [-0.2, 0) is 4.74 Å². The van der Waals surface area contributed by atoms with Gasteiger partial charge < -0.3 is 24.7 Å². The third-order valence-corrected chi connectivity index (χ3v) is 5.38. The molecule has 1 saturated heterocycles. The number of aromatic amines is 1. The summed E-state index contributed by atoms with van der Waals surface area (Å²) >= 11 is 0. The highest BCUT2D eigenvalue weighted by atomic mass is 19.3. The summed E-state index contributed by atoms with van der Waals surface area (Å²) in [5.41, 5.74) is 2.00. The number of fused-ring (bicyclic) bond motifs is 1. The van der Waals surface area contributed by atoms with Gasteiger partial charge >= 0.3 is 12.6 Å². The number of alkyl halides is 2. The minimum absolute atomic E-state index is 0.0268. The number of nitrogens with one attached hydrogen (secondary N) is 2.